The van der Waals surface area contributed by atoms with E-state index >= 15 is 0 Å². The van der Waals surface area contributed by atoms with Gasteiger partial charge in [-0.25, -0.2) is 4.79 Å². The van der Waals surface area contributed by atoms with Crippen molar-refractivity contribution < 1.29 is 29.3 Å². The van der Waals surface area contributed by atoms with Crippen molar-refractivity contribution in [1.29, 1.82) is 0 Å². The average Bonchev–Trinajstić information content (AvgIpc) is 2.61. The molecule has 1 aliphatic heterocycles. The first-order valence-corrected chi connectivity index (χ1v) is 7.58. The molecule has 0 radical (unpaired) electrons. The Hall–Kier alpha value is -3.12. The number of phenolic OH excluding ortho intramolecular Hbond substituents is 1. The SMILES string of the molecule is Cc1ccc(O)c(C(=O)/C=C/c2cc(C(=O)O)cc3c2OCOC3)c1. The maximum Gasteiger partial charge on any atom is 0.335 e. The van der Waals surface area contributed by atoms with Gasteiger partial charge in [0.25, 0.3) is 0 Å². The van der Waals surface area contributed by atoms with Crippen LogP contribution in [0.5, 0.6) is 11.5 Å². The molecule has 0 amide bonds. The molecule has 0 saturated carbocycles. The molecule has 0 atom stereocenters. The maximum absolute atomic E-state index is 12.3. The van der Waals surface area contributed by atoms with Crippen LogP contribution in [0.25, 0.3) is 6.08 Å². The van der Waals surface area contributed by atoms with Gasteiger partial charge in [0.05, 0.1) is 17.7 Å². The summed E-state index contributed by atoms with van der Waals surface area (Å²) in [6.07, 6.45) is 2.77. The molecule has 6 heteroatoms. The molecule has 25 heavy (non-hydrogen) atoms. The third kappa shape index (κ3) is 3.54. The average molecular weight is 340 g/mol. The smallest absolute Gasteiger partial charge is 0.335 e. The van der Waals surface area contributed by atoms with Crippen LogP contribution in [0, 0.1) is 6.92 Å². The predicted molar refractivity (Wildman–Crippen MR) is 89.9 cm³/mol. The van der Waals surface area contributed by atoms with Crippen LogP contribution >= 0.6 is 0 Å². The van der Waals surface area contributed by atoms with Crippen molar-refractivity contribution >= 4 is 17.8 Å². The Morgan fingerprint density at radius 3 is 2.76 bits per heavy atom. The van der Waals surface area contributed by atoms with Crippen LogP contribution in [-0.2, 0) is 11.3 Å². The van der Waals surface area contributed by atoms with Crippen molar-refractivity contribution in [3.05, 3.63) is 64.2 Å². The quantitative estimate of drug-likeness (QED) is 0.656. The second-order valence-corrected chi connectivity index (χ2v) is 5.69. The lowest BCUT2D eigenvalue weighted by atomic mass is 10.0. The molecule has 0 saturated heterocycles. The van der Waals surface area contributed by atoms with Gasteiger partial charge in [-0.1, -0.05) is 11.6 Å². The van der Waals surface area contributed by atoms with Crippen molar-refractivity contribution in [2.45, 2.75) is 13.5 Å². The third-order valence-electron chi connectivity index (χ3n) is 3.82. The molecule has 0 aromatic heterocycles. The Balaban J connectivity index is 1.97. The molecular formula is C19H16O6. The number of benzene rings is 2. The molecule has 6 nitrogen and oxygen atoms in total. The lowest BCUT2D eigenvalue weighted by Crippen LogP contribution is -2.13. The topological polar surface area (TPSA) is 93.1 Å². The summed E-state index contributed by atoms with van der Waals surface area (Å²) in [5.74, 6) is -1.08. The molecule has 0 fully saturated rings. The second-order valence-electron chi connectivity index (χ2n) is 5.69. The largest absolute Gasteiger partial charge is 0.507 e. The Kier molecular flexibility index (Phi) is 4.54. The minimum atomic E-state index is -1.08. The number of aromatic carboxylic acids is 1. The fraction of sp³-hybridized carbons (Fsp3) is 0.158. The van der Waals surface area contributed by atoms with Crippen molar-refractivity contribution in [2.75, 3.05) is 6.79 Å². The third-order valence-corrected chi connectivity index (χ3v) is 3.82. The summed E-state index contributed by atoms with van der Waals surface area (Å²) in [5, 5.41) is 19.1. The van der Waals surface area contributed by atoms with Gasteiger partial charge in [0.1, 0.15) is 11.5 Å². The molecule has 0 aliphatic carbocycles. The number of ketones is 1. The van der Waals surface area contributed by atoms with Gasteiger partial charge in [0.2, 0.25) is 0 Å². The van der Waals surface area contributed by atoms with Crippen LogP contribution in [0.2, 0.25) is 0 Å². The van der Waals surface area contributed by atoms with E-state index < -0.39 is 5.97 Å². The van der Waals surface area contributed by atoms with Crippen LogP contribution in [0.15, 0.2) is 36.4 Å². The van der Waals surface area contributed by atoms with E-state index in [2.05, 4.69) is 0 Å². The summed E-state index contributed by atoms with van der Waals surface area (Å²) in [4.78, 5) is 23.6. The molecule has 0 unspecified atom stereocenters. The molecule has 128 valence electrons. The van der Waals surface area contributed by atoms with Gasteiger partial charge in [-0.2, -0.15) is 0 Å². The molecule has 1 heterocycles. The van der Waals surface area contributed by atoms with E-state index in [-0.39, 0.29) is 36.1 Å². The van der Waals surface area contributed by atoms with Crippen molar-refractivity contribution in [3.8, 4) is 11.5 Å². The zero-order valence-electron chi connectivity index (χ0n) is 13.5. The van der Waals surface area contributed by atoms with E-state index in [1.807, 2.05) is 6.92 Å². The highest BCUT2D eigenvalue weighted by Gasteiger charge is 2.18. The monoisotopic (exact) mass is 340 g/mol. The number of carbonyl (C=O) groups is 2. The summed E-state index contributed by atoms with van der Waals surface area (Å²) in [7, 11) is 0. The molecule has 2 aromatic rings. The lowest BCUT2D eigenvalue weighted by molar-refractivity contribution is -0.0165. The Bertz CT molecular complexity index is 882. The minimum absolute atomic E-state index is 0.0624. The number of ether oxygens (including phenoxy) is 2. The Morgan fingerprint density at radius 1 is 1.20 bits per heavy atom. The van der Waals surface area contributed by atoms with Crippen LogP contribution in [0.4, 0.5) is 0 Å². The molecule has 1 aliphatic rings. The second kappa shape index (κ2) is 6.78. The van der Waals surface area contributed by atoms with Gasteiger partial charge in [-0.3, -0.25) is 4.79 Å². The number of rotatable bonds is 4. The van der Waals surface area contributed by atoms with Gasteiger partial charge in [0, 0.05) is 11.1 Å². The van der Waals surface area contributed by atoms with E-state index in [4.69, 9.17) is 9.47 Å². The number of carboxylic acids is 1. The highest BCUT2D eigenvalue weighted by molar-refractivity contribution is 6.09. The van der Waals surface area contributed by atoms with Crippen molar-refractivity contribution in [2.24, 2.45) is 0 Å². The number of aromatic hydroxyl groups is 1. The molecule has 2 aromatic carbocycles. The van der Waals surface area contributed by atoms with E-state index in [1.54, 1.807) is 12.1 Å². The van der Waals surface area contributed by atoms with Gasteiger partial charge >= 0.3 is 5.97 Å². The minimum Gasteiger partial charge on any atom is -0.507 e. The summed E-state index contributed by atoms with van der Waals surface area (Å²) >= 11 is 0. The molecule has 0 spiro atoms. The van der Waals surface area contributed by atoms with Crippen molar-refractivity contribution in [3.63, 3.8) is 0 Å². The van der Waals surface area contributed by atoms with Gasteiger partial charge < -0.3 is 19.7 Å². The van der Waals surface area contributed by atoms with Gasteiger partial charge in [-0.05, 0) is 43.3 Å². The van der Waals surface area contributed by atoms with E-state index in [0.717, 1.165) is 5.56 Å². The first-order valence-electron chi connectivity index (χ1n) is 7.58. The number of hydrogen-bond acceptors (Lipinski definition) is 5. The highest BCUT2D eigenvalue weighted by atomic mass is 16.7. The molecule has 0 bridgehead atoms. The first-order chi connectivity index (χ1) is 12.0. The summed E-state index contributed by atoms with van der Waals surface area (Å²) < 4.78 is 10.6. The fourth-order valence-electron chi connectivity index (χ4n) is 2.60. The lowest BCUT2D eigenvalue weighted by Gasteiger charge is -2.20. The van der Waals surface area contributed by atoms with Crippen LogP contribution < -0.4 is 4.74 Å². The van der Waals surface area contributed by atoms with Crippen LogP contribution in [0.1, 0.15) is 37.4 Å². The van der Waals surface area contributed by atoms with Gasteiger partial charge in [-0.15, -0.1) is 0 Å². The zero-order chi connectivity index (χ0) is 18.0. The van der Waals surface area contributed by atoms with E-state index in [9.17, 15) is 19.8 Å². The first kappa shape index (κ1) is 16.7. The fourth-order valence-corrected chi connectivity index (χ4v) is 2.60. The summed E-state index contributed by atoms with van der Waals surface area (Å²) in [6, 6.07) is 7.68. The maximum atomic E-state index is 12.3. The zero-order valence-corrected chi connectivity index (χ0v) is 13.5. The standard InChI is InChI=1S/C19H16O6/c1-11-2-4-16(20)15(6-11)17(21)5-3-12-7-13(19(22)23)8-14-9-24-10-25-18(12)14/h2-8,20H,9-10H2,1H3,(H,22,23)/b5-3+. The summed E-state index contributed by atoms with van der Waals surface area (Å²) in [6.45, 7) is 2.12. The number of hydrogen-bond donors (Lipinski definition) is 2. The summed E-state index contributed by atoms with van der Waals surface area (Å²) in [5.41, 5.74) is 2.19. The molecule has 3 rings (SSSR count). The Labute approximate surface area is 143 Å². The van der Waals surface area contributed by atoms with Crippen LogP contribution in [-0.4, -0.2) is 28.8 Å². The van der Waals surface area contributed by atoms with Crippen molar-refractivity contribution in [1.82, 2.24) is 0 Å². The van der Waals surface area contributed by atoms with Crippen LogP contribution in [0.3, 0.4) is 0 Å². The normalized spacial score (nSPS) is 13.3. The van der Waals surface area contributed by atoms with Gasteiger partial charge in [0.15, 0.2) is 12.6 Å². The predicted octanol–water partition coefficient (Wildman–Crippen LogP) is 3.16. The molecule has 2 N–H and O–H groups in total. The number of aryl methyl sites for hydroxylation is 1. The number of phenols is 1. The number of allylic oxidation sites excluding steroid dienone is 1. The number of carboxylic acid groups (broad SMARTS) is 1. The highest BCUT2D eigenvalue weighted by Crippen LogP contribution is 2.31. The van der Waals surface area contributed by atoms with E-state index in [1.165, 1.54) is 30.4 Å². The van der Waals surface area contributed by atoms with E-state index in [0.29, 0.717) is 16.9 Å². The number of carbonyl (C=O) groups excluding carboxylic acids is 1. The Morgan fingerprint density at radius 2 is 2.00 bits per heavy atom. The number of fused-ring (bicyclic) bond motifs is 1. The molecular weight excluding hydrogens is 324 g/mol.